The van der Waals surface area contributed by atoms with Crippen molar-refractivity contribution in [2.75, 3.05) is 0 Å². The van der Waals surface area contributed by atoms with Gasteiger partial charge in [0.2, 0.25) is 0 Å². The third-order valence-corrected chi connectivity index (χ3v) is 4.53. The van der Waals surface area contributed by atoms with Crippen molar-refractivity contribution in [1.82, 2.24) is 19.6 Å². The van der Waals surface area contributed by atoms with Gasteiger partial charge in [0.25, 0.3) is 5.56 Å². The number of hydrogen-bond acceptors (Lipinski definition) is 5. The Kier molecular flexibility index (Phi) is 3.51. The molecule has 112 valence electrons. The van der Waals surface area contributed by atoms with Crippen LogP contribution in [0.15, 0.2) is 70.7 Å². The maximum absolute atomic E-state index is 12.1. The minimum atomic E-state index is -0.0739. The van der Waals surface area contributed by atoms with Crippen molar-refractivity contribution in [2.45, 2.75) is 10.8 Å². The molecule has 6 heteroatoms. The van der Waals surface area contributed by atoms with Crippen LogP contribution < -0.4 is 5.56 Å². The van der Waals surface area contributed by atoms with Gasteiger partial charge in [0, 0.05) is 28.8 Å². The Morgan fingerprint density at radius 2 is 1.96 bits per heavy atom. The molecule has 0 spiro atoms. The number of aromatic nitrogens is 4. The van der Waals surface area contributed by atoms with Crippen molar-refractivity contribution in [1.29, 1.82) is 0 Å². The molecule has 0 aliphatic heterocycles. The van der Waals surface area contributed by atoms with E-state index in [1.54, 1.807) is 18.5 Å². The zero-order valence-corrected chi connectivity index (χ0v) is 12.9. The van der Waals surface area contributed by atoms with Crippen LogP contribution in [0, 0.1) is 0 Å². The molecule has 0 unspecified atom stereocenters. The molecule has 4 aromatic rings. The molecule has 3 heterocycles. The summed E-state index contributed by atoms with van der Waals surface area (Å²) in [6, 6.07) is 15.1. The second kappa shape index (κ2) is 5.81. The van der Waals surface area contributed by atoms with E-state index in [9.17, 15) is 4.79 Å². The molecule has 0 radical (unpaired) electrons. The van der Waals surface area contributed by atoms with E-state index in [0.29, 0.717) is 11.4 Å². The average Bonchev–Trinajstić information content (AvgIpc) is 2.60. The number of pyridine rings is 1. The minimum absolute atomic E-state index is 0.0739. The van der Waals surface area contributed by atoms with E-state index in [0.717, 1.165) is 21.5 Å². The SMILES string of the molecule is O=c1cc(CSc2nncc3ccccc23)nc2ccccn12. The van der Waals surface area contributed by atoms with Gasteiger partial charge in [0.15, 0.2) is 0 Å². The summed E-state index contributed by atoms with van der Waals surface area (Å²) in [6.07, 6.45) is 3.47. The van der Waals surface area contributed by atoms with Gasteiger partial charge in [-0.15, -0.1) is 5.10 Å². The highest BCUT2D eigenvalue weighted by atomic mass is 32.2. The first-order valence-electron chi connectivity index (χ1n) is 7.12. The summed E-state index contributed by atoms with van der Waals surface area (Å²) in [5.74, 6) is 0.573. The molecule has 0 N–H and O–H groups in total. The Hall–Kier alpha value is -2.73. The number of rotatable bonds is 3. The van der Waals surface area contributed by atoms with Crippen LogP contribution in [-0.2, 0) is 5.75 Å². The van der Waals surface area contributed by atoms with Gasteiger partial charge in [0.05, 0.1) is 11.9 Å². The molecule has 0 saturated heterocycles. The molecule has 0 aliphatic rings. The summed E-state index contributed by atoms with van der Waals surface area (Å²) in [7, 11) is 0. The van der Waals surface area contributed by atoms with Gasteiger partial charge in [-0.05, 0) is 12.1 Å². The summed E-state index contributed by atoms with van der Waals surface area (Å²) >= 11 is 1.54. The molecule has 4 rings (SSSR count). The zero-order valence-electron chi connectivity index (χ0n) is 12.1. The summed E-state index contributed by atoms with van der Waals surface area (Å²) in [6.45, 7) is 0. The lowest BCUT2D eigenvalue weighted by molar-refractivity contribution is 0.953. The number of hydrogen-bond donors (Lipinski definition) is 0. The predicted molar refractivity (Wildman–Crippen MR) is 90.6 cm³/mol. The molecular weight excluding hydrogens is 308 g/mol. The third-order valence-electron chi connectivity index (χ3n) is 3.52. The summed E-state index contributed by atoms with van der Waals surface area (Å²) < 4.78 is 1.53. The van der Waals surface area contributed by atoms with Gasteiger partial charge in [-0.1, -0.05) is 42.1 Å². The Balaban J connectivity index is 1.67. The first-order chi connectivity index (χ1) is 11.3. The monoisotopic (exact) mass is 320 g/mol. The van der Waals surface area contributed by atoms with Gasteiger partial charge in [-0.25, -0.2) is 4.98 Å². The fraction of sp³-hybridized carbons (Fsp3) is 0.0588. The van der Waals surface area contributed by atoms with Crippen LogP contribution in [0.5, 0.6) is 0 Å². The average molecular weight is 320 g/mol. The lowest BCUT2D eigenvalue weighted by Gasteiger charge is -2.05. The molecule has 0 bridgehead atoms. The highest BCUT2D eigenvalue weighted by molar-refractivity contribution is 7.98. The van der Waals surface area contributed by atoms with Crippen molar-refractivity contribution >= 4 is 28.2 Å². The van der Waals surface area contributed by atoms with Gasteiger partial charge in [0.1, 0.15) is 10.7 Å². The number of thioether (sulfide) groups is 1. The van der Waals surface area contributed by atoms with Crippen molar-refractivity contribution in [3.63, 3.8) is 0 Å². The second-order valence-corrected chi connectivity index (χ2v) is 6.00. The zero-order chi connectivity index (χ0) is 15.6. The Labute approximate surface area is 136 Å². The van der Waals surface area contributed by atoms with Crippen LogP contribution >= 0.6 is 11.8 Å². The summed E-state index contributed by atoms with van der Waals surface area (Å²) in [5, 5.41) is 11.2. The predicted octanol–water partition coefficient (Wildman–Crippen LogP) is 2.93. The summed E-state index contributed by atoms with van der Waals surface area (Å²) in [4.78, 5) is 16.6. The van der Waals surface area contributed by atoms with Crippen molar-refractivity contribution in [3.8, 4) is 0 Å². The molecule has 0 amide bonds. The third kappa shape index (κ3) is 2.68. The number of nitrogens with zero attached hydrogens (tertiary/aromatic N) is 4. The Morgan fingerprint density at radius 1 is 1.09 bits per heavy atom. The van der Waals surface area contributed by atoms with Crippen molar-refractivity contribution in [3.05, 3.63) is 77.0 Å². The second-order valence-electron chi connectivity index (χ2n) is 5.04. The topological polar surface area (TPSA) is 60.2 Å². The van der Waals surface area contributed by atoms with E-state index in [-0.39, 0.29) is 5.56 Å². The highest BCUT2D eigenvalue weighted by Gasteiger charge is 2.07. The highest BCUT2D eigenvalue weighted by Crippen LogP contribution is 2.26. The first kappa shape index (κ1) is 13.9. The quantitative estimate of drug-likeness (QED) is 0.543. The van der Waals surface area contributed by atoms with Gasteiger partial charge >= 0.3 is 0 Å². The van der Waals surface area contributed by atoms with Crippen LogP contribution in [-0.4, -0.2) is 19.6 Å². The fourth-order valence-corrected chi connectivity index (χ4v) is 3.31. The largest absolute Gasteiger partial charge is 0.269 e. The lowest BCUT2D eigenvalue weighted by atomic mass is 10.2. The molecular formula is C17H12N4OS. The van der Waals surface area contributed by atoms with E-state index in [4.69, 9.17) is 0 Å². The van der Waals surface area contributed by atoms with Crippen molar-refractivity contribution in [2.24, 2.45) is 0 Å². The maximum atomic E-state index is 12.1. The van der Waals surface area contributed by atoms with Crippen LogP contribution in [0.3, 0.4) is 0 Å². The molecule has 0 fully saturated rings. The van der Waals surface area contributed by atoms with E-state index in [1.165, 1.54) is 16.2 Å². The number of benzene rings is 1. The Bertz CT molecular complexity index is 1060. The van der Waals surface area contributed by atoms with E-state index < -0.39 is 0 Å². The standard InChI is InChI=1S/C17H12N4OS/c22-16-9-13(19-15-7-3-4-8-21(15)16)11-23-17-14-6-2-1-5-12(14)10-18-20-17/h1-10H,11H2. The molecule has 5 nitrogen and oxygen atoms in total. The molecule has 3 aromatic heterocycles. The van der Waals surface area contributed by atoms with Crippen LogP contribution in [0.25, 0.3) is 16.4 Å². The van der Waals surface area contributed by atoms with Crippen LogP contribution in [0.1, 0.15) is 5.69 Å². The molecule has 0 saturated carbocycles. The normalized spacial score (nSPS) is 11.1. The van der Waals surface area contributed by atoms with E-state index in [2.05, 4.69) is 15.2 Å². The maximum Gasteiger partial charge on any atom is 0.258 e. The van der Waals surface area contributed by atoms with Gasteiger partial charge in [-0.3, -0.25) is 9.20 Å². The summed E-state index contributed by atoms with van der Waals surface area (Å²) in [5.41, 5.74) is 1.32. The van der Waals surface area contributed by atoms with Crippen LogP contribution in [0.2, 0.25) is 0 Å². The van der Waals surface area contributed by atoms with E-state index in [1.807, 2.05) is 42.5 Å². The van der Waals surface area contributed by atoms with Gasteiger partial charge in [-0.2, -0.15) is 5.10 Å². The molecule has 1 aromatic carbocycles. The number of fused-ring (bicyclic) bond motifs is 2. The van der Waals surface area contributed by atoms with Crippen LogP contribution in [0.4, 0.5) is 0 Å². The van der Waals surface area contributed by atoms with Gasteiger partial charge < -0.3 is 0 Å². The Morgan fingerprint density at radius 3 is 2.91 bits per heavy atom. The minimum Gasteiger partial charge on any atom is -0.269 e. The van der Waals surface area contributed by atoms with Crippen molar-refractivity contribution < 1.29 is 0 Å². The molecule has 0 atom stereocenters. The van der Waals surface area contributed by atoms with E-state index >= 15 is 0 Å². The molecule has 0 aliphatic carbocycles. The molecule has 23 heavy (non-hydrogen) atoms. The first-order valence-corrected chi connectivity index (χ1v) is 8.10. The fourth-order valence-electron chi connectivity index (χ4n) is 2.43. The lowest BCUT2D eigenvalue weighted by Crippen LogP contribution is -2.14. The smallest absolute Gasteiger partial charge is 0.258 e.